The lowest BCUT2D eigenvalue weighted by Gasteiger charge is -2.37. The monoisotopic (exact) mass is 492 g/mol. The highest BCUT2D eigenvalue weighted by atomic mass is 32.2. The van der Waals surface area contributed by atoms with Gasteiger partial charge in [-0.3, -0.25) is 4.79 Å². The van der Waals surface area contributed by atoms with Gasteiger partial charge in [0.25, 0.3) is 0 Å². The molecule has 4 aromatic rings. The van der Waals surface area contributed by atoms with Gasteiger partial charge in [0.2, 0.25) is 0 Å². The predicted octanol–water partition coefficient (Wildman–Crippen LogP) is 7.30. The number of Topliss-reactive ketones (excluding diaryl/α,β-unsaturated/α-hetero) is 1. The second-order valence-electron chi connectivity index (χ2n) is 8.85. The zero-order chi connectivity index (χ0) is 24.0. The molecular weight excluding hydrogens is 468 g/mol. The number of nitrogens with zero attached hydrogens (tertiary/aromatic N) is 2. The fraction of sp³-hybridized carbons (Fsp3) is 0.133. The minimum atomic E-state index is -0.626. The Morgan fingerprint density at radius 1 is 0.743 bits per heavy atom. The zero-order valence-corrected chi connectivity index (χ0v) is 21.1. The Bertz CT molecular complexity index is 1390. The molecule has 0 N–H and O–H groups in total. The number of hydrogen-bond donors (Lipinski definition) is 0. The number of fused-ring (bicyclic) bond motifs is 2. The summed E-state index contributed by atoms with van der Waals surface area (Å²) in [6.07, 6.45) is 0. The van der Waals surface area contributed by atoms with Crippen molar-refractivity contribution in [2.45, 2.75) is 22.8 Å². The minimum absolute atomic E-state index is 0.0148. The topological polar surface area (TPSA) is 32.7 Å². The Labute approximate surface area is 214 Å². The molecule has 0 bridgehead atoms. The van der Waals surface area contributed by atoms with Crippen LogP contribution in [0.25, 0.3) is 0 Å². The first-order chi connectivity index (χ1) is 17.0. The summed E-state index contributed by atoms with van der Waals surface area (Å²) in [7, 11) is 0. The summed E-state index contributed by atoms with van der Waals surface area (Å²) in [5, 5.41) is 7.51. The van der Waals surface area contributed by atoms with Crippen LogP contribution in [0.5, 0.6) is 0 Å². The number of carbonyl (C=O) groups is 1. The van der Waals surface area contributed by atoms with Gasteiger partial charge in [-0.1, -0.05) is 126 Å². The molecule has 35 heavy (non-hydrogen) atoms. The lowest BCUT2D eigenvalue weighted by molar-refractivity contribution is -0.110. The van der Waals surface area contributed by atoms with Gasteiger partial charge >= 0.3 is 0 Å². The first-order valence-corrected chi connectivity index (χ1v) is 13.2. The highest BCUT2D eigenvalue weighted by Crippen LogP contribution is 2.70. The average molecular weight is 493 g/mol. The molecule has 0 saturated carbocycles. The van der Waals surface area contributed by atoms with E-state index in [1.165, 1.54) is 27.8 Å². The van der Waals surface area contributed by atoms with E-state index in [1.807, 2.05) is 11.8 Å². The summed E-state index contributed by atoms with van der Waals surface area (Å²) in [5.74, 6) is -0.0148. The van der Waals surface area contributed by atoms with Crippen LogP contribution in [0.3, 0.4) is 0 Å². The summed E-state index contributed by atoms with van der Waals surface area (Å²) < 4.78 is -1.09. The quantitative estimate of drug-likeness (QED) is 0.299. The SMILES string of the molecule is CC(=O)C1=NN(c2ccc(C)cc2)[C@]2(S1)SC(c1ccccc1)(c1ccccc1)c1ccccc12. The van der Waals surface area contributed by atoms with E-state index in [0.29, 0.717) is 5.04 Å². The molecule has 2 aliphatic rings. The molecule has 0 aromatic heterocycles. The molecule has 5 heteroatoms. The van der Waals surface area contributed by atoms with Crippen LogP contribution in [-0.2, 0) is 13.7 Å². The first-order valence-electron chi connectivity index (χ1n) is 11.6. The summed E-state index contributed by atoms with van der Waals surface area (Å²) in [6.45, 7) is 3.68. The number of thioether (sulfide) groups is 2. The maximum atomic E-state index is 12.6. The van der Waals surface area contributed by atoms with E-state index in [0.717, 1.165) is 5.69 Å². The molecule has 3 nitrogen and oxygen atoms in total. The van der Waals surface area contributed by atoms with Crippen molar-refractivity contribution in [3.8, 4) is 0 Å². The maximum absolute atomic E-state index is 12.6. The van der Waals surface area contributed by atoms with Gasteiger partial charge in [-0.25, -0.2) is 5.01 Å². The molecule has 2 aliphatic heterocycles. The van der Waals surface area contributed by atoms with Gasteiger partial charge < -0.3 is 0 Å². The van der Waals surface area contributed by atoms with Gasteiger partial charge in [0.15, 0.2) is 15.0 Å². The Hall–Kier alpha value is -3.28. The van der Waals surface area contributed by atoms with E-state index >= 15 is 0 Å². The van der Waals surface area contributed by atoms with Crippen molar-refractivity contribution < 1.29 is 4.79 Å². The van der Waals surface area contributed by atoms with Crippen LogP contribution in [0.4, 0.5) is 5.69 Å². The van der Waals surface area contributed by atoms with Gasteiger partial charge in [-0.2, -0.15) is 5.10 Å². The molecule has 0 amide bonds. The second-order valence-corrected chi connectivity index (χ2v) is 11.7. The molecule has 0 unspecified atom stereocenters. The lowest BCUT2D eigenvalue weighted by Crippen LogP contribution is -2.34. The molecule has 0 fully saturated rings. The third-order valence-electron chi connectivity index (χ3n) is 6.58. The Morgan fingerprint density at radius 2 is 1.29 bits per heavy atom. The highest BCUT2D eigenvalue weighted by Gasteiger charge is 2.61. The van der Waals surface area contributed by atoms with Gasteiger partial charge in [0.05, 0.1) is 10.4 Å². The first kappa shape index (κ1) is 22.2. The molecule has 4 aromatic carbocycles. The van der Waals surface area contributed by atoms with Crippen LogP contribution in [-0.4, -0.2) is 10.8 Å². The number of hydrazone groups is 1. The van der Waals surface area contributed by atoms with Crippen LogP contribution in [0, 0.1) is 6.92 Å². The normalized spacial score (nSPS) is 20.1. The number of rotatable bonds is 4. The van der Waals surface area contributed by atoms with Gasteiger partial charge in [-0.15, -0.1) is 0 Å². The second kappa shape index (κ2) is 8.43. The highest BCUT2D eigenvalue weighted by molar-refractivity contribution is 8.27. The number of ketones is 1. The third kappa shape index (κ3) is 3.37. The number of aryl methyl sites for hydroxylation is 1. The Balaban J connectivity index is 1.64. The fourth-order valence-corrected chi connectivity index (χ4v) is 8.52. The van der Waals surface area contributed by atoms with Gasteiger partial charge in [0, 0.05) is 12.5 Å². The summed E-state index contributed by atoms with van der Waals surface area (Å²) >= 11 is 3.41. The van der Waals surface area contributed by atoms with Crippen molar-refractivity contribution in [3.63, 3.8) is 0 Å². The molecule has 2 heterocycles. The Morgan fingerprint density at radius 3 is 1.86 bits per heavy atom. The van der Waals surface area contributed by atoms with Crippen LogP contribution in [0.1, 0.15) is 34.7 Å². The van der Waals surface area contributed by atoms with Crippen molar-refractivity contribution in [2.75, 3.05) is 5.01 Å². The molecule has 1 atom stereocenters. The molecule has 0 radical (unpaired) electrons. The van der Waals surface area contributed by atoms with E-state index in [4.69, 9.17) is 5.10 Å². The van der Waals surface area contributed by atoms with E-state index < -0.39 is 8.95 Å². The predicted molar refractivity (Wildman–Crippen MR) is 148 cm³/mol. The molecular formula is C30H24N2OS2. The lowest BCUT2D eigenvalue weighted by atomic mass is 9.82. The van der Waals surface area contributed by atoms with Crippen LogP contribution >= 0.6 is 23.5 Å². The number of benzene rings is 4. The maximum Gasteiger partial charge on any atom is 0.187 e. The van der Waals surface area contributed by atoms with Crippen molar-refractivity contribution in [1.82, 2.24) is 0 Å². The summed E-state index contributed by atoms with van der Waals surface area (Å²) in [5.41, 5.74) is 6.98. The van der Waals surface area contributed by atoms with Gasteiger partial charge in [0.1, 0.15) is 0 Å². The molecule has 172 valence electrons. The minimum Gasteiger partial charge on any atom is -0.292 e. The van der Waals surface area contributed by atoms with Crippen LogP contribution in [0.2, 0.25) is 0 Å². The Kier molecular flexibility index (Phi) is 5.35. The largest absolute Gasteiger partial charge is 0.292 e. The van der Waals surface area contributed by atoms with Crippen LogP contribution < -0.4 is 5.01 Å². The molecule has 0 aliphatic carbocycles. The van der Waals surface area contributed by atoms with Crippen molar-refractivity contribution in [3.05, 3.63) is 137 Å². The van der Waals surface area contributed by atoms with Crippen molar-refractivity contribution in [1.29, 1.82) is 0 Å². The average Bonchev–Trinajstić information content (AvgIpc) is 3.43. The third-order valence-corrected chi connectivity index (χ3v) is 9.98. The number of anilines is 1. The van der Waals surface area contributed by atoms with Crippen molar-refractivity contribution in [2.24, 2.45) is 5.10 Å². The zero-order valence-electron chi connectivity index (χ0n) is 19.5. The molecule has 6 rings (SSSR count). The van der Waals surface area contributed by atoms with Crippen LogP contribution in [0.15, 0.2) is 114 Å². The smallest absolute Gasteiger partial charge is 0.187 e. The van der Waals surface area contributed by atoms with E-state index in [2.05, 4.69) is 121 Å². The van der Waals surface area contributed by atoms with E-state index in [1.54, 1.807) is 18.7 Å². The number of hydrogen-bond acceptors (Lipinski definition) is 5. The van der Waals surface area contributed by atoms with Gasteiger partial charge in [-0.05, 0) is 35.7 Å². The molecule has 1 spiro atoms. The fourth-order valence-electron chi connectivity index (χ4n) is 4.96. The summed E-state index contributed by atoms with van der Waals surface area (Å²) in [6, 6.07) is 38.4. The molecule has 0 saturated heterocycles. The van der Waals surface area contributed by atoms with E-state index in [-0.39, 0.29) is 5.78 Å². The van der Waals surface area contributed by atoms with Crippen molar-refractivity contribution >= 4 is 40.0 Å². The standard InChI is InChI=1S/C30H24N2OS2/c1-21-17-19-25(20-18-21)32-30(34-28(31-32)22(2)33)27-16-10-9-15-26(27)29(35-30,23-11-5-3-6-12-23)24-13-7-4-8-14-24/h3-20H,1-2H3/t30-/m1/s1. The number of carbonyl (C=O) groups excluding carboxylic acids is 1. The van der Waals surface area contributed by atoms with E-state index in [9.17, 15) is 4.79 Å². The summed E-state index contributed by atoms with van der Waals surface area (Å²) in [4.78, 5) is 12.6.